The molecule has 0 saturated carbocycles. The Bertz CT molecular complexity index is 807. The molecule has 2 aromatic rings. The van der Waals surface area contributed by atoms with E-state index in [0.29, 0.717) is 12.5 Å². The topological polar surface area (TPSA) is 71.1 Å². The van der Waals surface area contributed by atoms with Crippen molar-refractivity contribution in [2.45, 2.75) is 46.5 Å². The number of nitrogens with zero attached hydrogens (tertiary/aromatic N) is 1. The summed E-state index contributed by atoms with van der Waals surface area (Å²) in [4.78, 5) is 29.1. The fraction of sp³-hybridized carbons (Fsp3) is 0.409. The van der Waals surface area contributed by atoms with Crippen LogP contribution in [0.15, 0.2) is 42.5 Å². The third-order valence-electron chi connectivity index (χ3n) is 4.20. The van der Waals surface area contributed by atoms with Crippen molar-refractivity contribution in [3.8, 4) is 0 Å². The smallest absolute Gasteiger partial charge is 0.274 e. The first-order valence-corrected chi connectivity index (χ1v) is 9.34. The van der Waals surface area contributed by atoms with Gasteiger partial charge in [-0.1, -0.05) is 58.9 Å². The molecule has 27 heavy (non-hydrogen) atoms. The molecule has 144 valence electrons. The summed E-state index contributed by atoms with van der Waals surface area (Å²) in [6, 6.07) is 12.6. The van der Waals surface area contributed by atoms with E-state index in [0.717, 1.165) is 17.7 Å². The minimum absolute atomic E-state index is 0.102. The maximum Gasteiger partial charge on any atom is 0.274 e. The fourth-order valence-corrected chi connectivity index (χ4v) is 2.69. The summed E-state index contributed by atoms with van der Waals surface area (Å²) >= 11 is 0. The van der Waals surface area contributed by atoms with Crippen LogP contribution in [0, 0.1) is 5.92 Å². The highest BCUT2D eigenvalue weighted by atomic mass is 16.2. The van der Waals surface area contributed by atoms with Gasteiger partial charge in [0, 0.05) is 12.2 Å². The molecule has 1 aromatic heterocycles. The number of hydrogen-bond donors (Lipinski definition) is 2. The molecule has 0 radical (unpaired) electrons. The molecule has 5 heteroatoms. The SMILES string of the molecule is CC(C)CCNC(=O)c1cccc(C(=O)Nc2ccccc2C(C)(C)C)n1. The molecule has 0 bridgehead atoms. The maximum absolute atomic E-state index is 12.7. The first-order chi connectivity index (χ1) is 12.7. The molecule has 2 rings (SSSR count). The Hall–Kier alpha value is -2.69. The van der Waals surface area contributed by atoms with Gasteiger partial charge in [0.15, 0.2) is 0 Å². The number of para-hydroxylation sites is 1. The van der Waals surface area contributed by atoms with E-state index in [1.54, 1.807) is 18.2 Å². The molecule has 0 spiro atoms. The van der Waals surface area contributed by atoms with Gasteiger partial charge in [-0.25, -0.2) is 4.98 Å². The molecule has 0 unspecified atom stereocenters. The lowest BCUT2D eigenvalue weighted by Crippen LogP contribution is -2.27. The highest BCUT2D eigenvalue weighted by Gasteiger charge is 2.19. The number of aromatic nitrogens is 1. The van der Waals surface area contributed by atoms with E-state index in [-0.39, 0.29) is 28.6 Å². The van der Waals surface area contributed by atoms with E-state index in [9.17, 15) is 9.59 Å². The van der Waals surface area contributed by atoms with Crippen LogP contribution in [-0.2, 0) is 5.41 Å². The third kappa shape index (κ3) is 5.91. The average Bonchev–Trinajstić information content (AvgIpc) is 2.61. The zero-order chi connectivity index (χ0) is 20.0. The lowest BCUT2D eigenvalue weighted by molar-refractivity contribution is 0.0947. The quantitative estimate of drug-likeness (QED) is 0.794. The molecule has 1 aromatic carbocycles. The maximum atomic E-state index is 12.7. The van der Waals surface area contributed by atoms with Gasteiger partial charge < -0.3 is 10.6 Å². The molecule has 5 nitrogen and oxygen atoms in total. The summed E-state index contributed by atoms with van der Waals surface area (Å²) in [7, 11) is 0. The summed E-state index contributed by atoms with van der Waals surface area (Å²) in [5.41, 5.74) is 2.16. The van der Waals surface area contributed by atoms with E-state index in [2.05, 4.69) is 50.2 Å². The van der Waals surface area contributed by atoms with Crippen molar-refractivity contribution < 1.29 is 9.59 Å². The Morgan fingerprint density at radius 2 is 1.59 bits per heavy atom. The molecule has 0 aliphatic rings. The molecule has 1 heterocycles. The number of rotatable bonds is 6. The highest BCUT2D eigenvalue weighted by molar-refractivity contribution is 6.04. The van der Waals surface area contributed by atoms with Crippen LogP contribution in [-0.4, -0.2) is 23.3 Å². The predicted octanol–water partition coefficient (Wildman–Crippen LogP) is 4.41. The van der Waals surface area contributed by atoms with Gasteiger partial charge in [0.1, 0.15) is 11.4 Å². The van der Waals surface area contributed by atoms with E-state index >= 15 is 0 Å². The van der Waals surface area contributed by atoms with Crippen LogP contribution < -0.4 is 10.6 Å². The van der Waals surface area contributed by atoms with Gasteiger partial charge in [-0.15, -0.1) is 0 Å². The molecular formula is C22H29N3O2. The average molecular weight is 367 g/mol. The van der Waals surface area contributed by atoms with Gasteiger partial charge in [0.25, 0.3) is 11.8 Å². The van der Waals surface area contributed by atoms with Gasteiger partial charge in [-0.2, -0.15) is 0 Å². The van der Waals surface area contributed by atoms with Crippen molar-refractivity contribution in [3.05, 3.63) is 59.4 Å². The fourth-order valence-electron chi connectivity index (χ4n) is 2.69. The Morgan fingerprint density at radius 1 is 0.963 bits per heavy atom. The molecule has 0 fully saturated rings. The number of benzene rings is 1. The highest BCUT2D eigenvalue weighted by Crippen LogP contribution is 2.29. The summed E-state index contributed by atoms with van der Waals surface area (Å²) < 4.78 is 0. The van der Waals surface area contributed by atoms with E-state index in [4.69, 9.17) is 0 Å². The van der Waals surface area contributed by atoms with Crippen LogP contribution in [0.2, 0.25) is 0 Å². The number of amides is 2. The monoisotopic (exact) mass is 367 g/mol. The molecule has 0 aliphatic heterocycles. The van der Waals surface area contributed by atoms with Gasteiger partial charge in [-0.05, 0) is 41.5 Å². The summed E-state index contributed by atoms with van der Waals surface area (Å²) in [6.07, 6.45) is 0.898. The lowest BCUT2D eigenvalue weighted by atomic mass is 9.86. The molecule has 0 atom stereocenters. The van der Waals surface area contributed by atoms with Crippen molar-refractivity contribution in [1.29, 1.82) is 0 Å². The first-order valence-electron chi connectivity index (χ1n) is 9.34. The number of nitrogens with one attached hydrogen (secondary N) is 2. The minimum Gasteiger partial charge on any atom is -0.351 e. The van der Waals surface area contributed by atoms with Crippen LogP contribution in [0.5, 0.6) is 0 Å². The molecule has 0 saturated heterocycles. The molecule has 0 aliphatic carbocycles. The molecular weight excluding hydrogens is 338 g/mol. The number of anilines is 1. The summed E-state index contributed by atoms with van der Waals surface area (Å²) in [5, 5.41) is 5.77. The van der Waals surface area contributed by atoms with Crippen LogP contribution >= 0.6 is 0 Å². The number of hydrogen-bond acceptors (Lipinski definition) is 3. The van der Waals surface area contributed by atoms with Crippen LogP contribution in [0.4, 0.5) is 5.69 Å². The van der Waals surface area contributed by atoms with Gasteiger partial charge >= 0.3 is 0 Å². The normalized spacial score (nSPS) is 11.3. The Balaban J connectivity index is 2.13. The summed E-state index contributed by atoms with van der Waals surface area (Å²) in [5.74, 6) is -0.0813. The molecule has 2 N–H and O–H groups in total. The number of pyridine rings is 1. The number of carbonyl (C=O) groups is 2. The van der Waals surface area contributed by atoms with Crippen LogP contribution in [0.1, 0.15) is 67.6 Å². The van der Waals surface area contributed by atoms with Crippen molar-refractivity contribution in [2.75, 3.05) is 11.9 Å². The zero-order valence-electron chi connectivity index (χ0n) is 16.8. The standard InChI is InChI=1S/C22H29N3O2/c1-15(2)13-14-23-20(26)18-11-8-12-19(24-18)21(27)25-17-10-7-6-9-16(17)22(3,4)5/h6-12,15H,13-14H2,1-5H3,(H,23,26)(H,25,27). The van der Waals surface area contributed by atoms with E-state index < -0.39 is 0 Å². The van der Waals surface area contributed by atoms with Crippen molar-refractivity contribution in [2.24, 2.45) is 5.92 Å². The number of carbonyl (C=O) groups excluding carboxylic acids is 2. The van der Waals surface area contributed by atoms with Crippen molar-refractivity contribution >= 4 is 17.5 Å². The van der Waals surface area contributed by atoms with Crippen LogP contribution in [0.3, 0.4) is 0 Å². The Kier molecular flexibility index (Phi) is 6.72. The largest absolute Gasteiger partial charge is 0.351 e. The summed E-state index contributed by atoms with van der Waals surface area (Å²) in [6.45, 7) is 11.1. The van der Waals surface area contributed by atoms with Gasteiger partial charge in [0.05, 0.1) is 0 Å². The van der Waals surface area contributed by atoms with E-state index in [1.807, 2.05) is 24.3 Å². The molecule has 2 amide bonds. The first kappa shape index (κ1) is 20.6. The zero-order valence-corrected chi connectivity index (χ0v) is 16.8. The Labute approximate surface area is 161 Å². The van der Waals surface area contributed by atoms with Gasteiger partial charge in [-0.3, -0.25) is 9.59 Å². The van der Waals surface area contributed by atoms with Crippen LogP contribution in [0.25, 0.3) is 0 Å². The predicted molar refractivity (Wildman–Crippen MR) is 109 cm³/mol. The lowest BCUT2D eigenvalue weighted by Gasteiger charge is -2.22. The minimum atomic E-state index is -0.330. The second-order valence-corrected chi connectivity index (χ2v) is 8.10. The van der Waals surface area contributed by atoms with Crippen molar-refractivity contribution in [3.63, 3.8) is 0 Å². The second kappa shape index (κ2) is 8.80. The van der Waals surface area contributed by atoms with Gasteiger partial charge in [0.2, 0.25) is 0 Å². The van der Waals surface area contributed by atoms with E-state index in [1.165, 1.54) is 0 Å². The Morgan fingerprint density at radius 3 is 2.22 bits per heavy atom. The third-order valence-corrected chi connectivity index (χ3v) is 4.20. The van der Waals surface area contributed by atoms with Crippen molar-refractivity contribution in [1.82, 2.24) is 10.3 Å². The second-order valence-electron chi connectivity index (χ2n) is 8.10.